The Balaban J connectivity index is 1.24. The van der Waals surface area contributed by atoms with E-state index in [1.54, 1.807) is 17.5 Å². The minimum Gasteiger partial charge on any atom is -0.374 e. The van der Waals surface area contributed by atoms with Gasteiger partial charge in [0.15, 0.2) is 5.65 Å². The van der Waals surface area contributed by atoms with E-state index in [2.05, 4.69) is 78.3 Å². The molecule has 1 unspecified atom stereocenters. The Morgan fingerprint density at radius 3 is 2.73 bits per heavy atom. The van der Waals surface area contributed by atoms with Crippen molar-refractivity contribution in [2.75, 3.05) is 5.32 Å². The van der Waals surface area contributed by atoms with E-state index in [1.165, 1.54) is 28.7 Å². The fourth-order valence-corrected chi connectivity index (χ4v) is 6.20. The first-order chi connectivity index (χ1) is 18.2. The molecule has 1 aromatic carbocycles. The van der Waals surface area contributed by atoms with E-state index in [-0.39, 0.29) is 0 Å². The Labute approximate surface area is 217 Å². The van der Waals surface area contributed by atoms with Crippen LogP contribution >= 0.6 is 11.3 Å². The maximum atomic E-state index is 10.6. The van der Waals surface area contributed by atoms with Crippen LogP contribution in [0.2, 0.25) is 0 Å². The van der Waals surface area contributed by atoms with E-state index in [1.807, 2.05) is 18.5 Å². The van der Waals surface area contributed by atoms with Crippen LogP contribution in [0.25, 0.3) is 54.9 Å². The van der Waals surface area contributed by atoms with Crippen LogP contribution in [0.4, 0.5) is 5.69 Å². The number of anilines is 1. The third kappa shape index (κ3) is 4.08. The van der Waals surface area contributed by atoms with Crippen LogP contribution in [-0.2, 0) is 0 Å². The van der Waals surface area contributed by atoms with Gasteiger partial charge in [0, 0.05) is 56.2 Å². The second kappa shape index (κ2) is 9.14. The molecular formula is C29H26N6OS. The molecule has 37 heavy (non-hydrogen) atoms. The molecule has 7 nitrogen and oxygen atoms in total. The Kier molecular flexibility index (Phi) is 5.48. The van der Waals surface area contributed by atoms with Crippen LogP contribution in [-0.4, -0.2) is 36.5 Å². The van der Waals surface area contributed by atoms with Gasteiger partial charge < -0.3 is 15.4 Å². The van der Waals surface area contributed by atoms with Gasteiger partial charge in [0.05, 0.1) is 17.6 Å². The van der Waals surface area contributed by atoms with Crippen LogP contribution in [0.15, 0.2) is 72.5 Å². The lowest BCUT2D eigenvalue weighted by atomic mass is 10.1. The summed E-state index contributed by atoms with van der Waals surface area (Å²) in [5, 5.41) is 25.8. The first kappa shape index (κ1) is 22.2. The highest BCUT2D eigenvalue weighted by Crippen LogP contribution is 2.36. The molecule has 1 fully saturated rings. The number of thiophene rings is 1. The largest absolute Gasteiger partial charge is 0.374 e. The van der Waals surface area contributed by atoms with Crippen molar-refractivity contribution in [3.63, 3.8) is 0 Å². The van der Waals surface area contributed by atoms with Crippen LogP contribution in [0.3, 0.4) is 0 Å². The van der Waals surface area contributed by atoms with Gasteiger partial charge in [-0.25, -0.2) is 4.98 Å². The maximum absolute atomic E-state index is 10.6. The predicted octanol–water partition coefficient (Wildman–Crippen LogP) is 6.82. The molecule has 0 aliphatic heterocycles. The zero-order valence-corrected chi connectivity index (χ0v) is 20.9. The van der Waals surface area contributed by atoms with Crippen molar-refractivity contribution in [2.24, 2.45) is 5.92 Å². The van der Waals surface area contributed by atoms with Gasteiger partial charge in [0.2, 0.25) is 0 Å². The van der Waals surface area contributed by atoms with Gasteiger partial charge in [-0.2, -0.15) is 5.10 Å². The van der Waals surface area contributed by atoms with E-state index in [0.717, 1.165) is 57.6 Å². The van der Waals surface area contributed by atoms with E-state index in [0.29, 0.717) is 5.92 Å². The number of fused-ring (bicyclic) bond motifs is 2. The summed E-state index contributed by atoms with van der Waals surface area (Å²) in [4.78, 5) is 13.9. The first-order valence-electron chi connectivity index (χ1n) is 12.6. The quantitative estimate of drug-likeness (QED) is 0.186. The normalized spacial score (nSPS) is 15.1. The third-order valence-corrected chi connectivity index (χ3v) is 8.26. The number of nitrogens with zero attached hydrogens (tertiary/aromatic N) is 3. The molecule has 1 saturated carbocycles. The molecule has 1 aliphatic rings. The molecule has 7 rings (SSSR count). The molecule has 8 heteroatoms. The summed E-state index contributed by atoms with van der Waals surface area (Å²) in [5.74, 6) is 0.298. The number of hydrogen-bond donors (Lipinski definition) is 4. The fourth-order valence-electron chi connectivity index (χ4n) is 5.43. The third-order valence-electron chi connectivity index (χ3n) is 7.35. The van der Waals surface area contributed by atoms with Gasteiger partial charge >= 0.3 is 0 Å². The lowest BCUT2D eigenvalue weighted by Crippen LogP contribution is -2.26. The number of aliphatic hydroxyl groups excluding tert-OH is 1. The van der Waals surface area contributed by atoms with Gasteiger partial charge in [-0.05, 0) is 48.6 Å². The summed E-state index contributed by atoms with van der Waals surface area (Å²) in [6.45, 7) is 0. The average molecular weight is 507 g/mol. The Morgan fingerprint density at radius 1 is 0.973 bits per heavy atom. The molecule has 0 spiro atoms. The zero-order chi connectivity index (χ0) is 24.8. The summed E-state index contributed by atoms with van der Waals surface area (Å²) in [6.07, 6.45) is 9.36. The van der Waals surface area contributed by atoms with Crippen molar-refractivity contribution < 1.29 is 5.11 Å². The number of aliphatic hydroxyl groups is 1. The molecule has 0 radical (unpaired) electrons. The molecule has 0 bridgehead atoms. The summed E-state index contributed by atoms with van der Waals surface area (Å²) in [6, 6.07) is 16.8. The van der Waals surface area contributed by atoms with Gasteiger partial charge in [-0.1, -0.05) is 31.0 Å². The van der Waals surface area contributed by atoms with Crippen molar-refractivity contribution >= 4 is 39.0 Å². The van der Waals surface area contributed by atoms with E-state index in [4.69, 9.17) is 0 Å². The lowest BCUT2D eigenvalue weighted by Gasteiger charge is -2.20. The molecule has 1 atom stereocenters. The van der Waals surface area contributed by atoms with Gasteiger partial charge in [-0.3, -0.25) is 10.1 Å². The summed E-state index contributed by atoms with van der Waals surface area (Å²) >= 11 is 1.74. The monoisotopic (exact) mass is 506 g/mol. The smallest absolute Gasteiger partial charge is 0.155 e. The van der Waals surface area contributed by atoms with E-state index in [9.17, 15) is 5.11 Å². The molecule has 184 valence electrons. The van der Waals surface area contributed by atoms with Crippen molar-refractivity contribution in [3.8, 4) is 33.0 Å². The summed E-state index contributed by atoms with van der Waals surface area (Å²) in [5.41, 5.74) is 7.47. The van der Waals surface area contributed by atoms with E-state index < -0.39 is 6.23 Å². The van der Waals surface area contributed by atoms with Crippen molar-refractivity contribution in [1.82, 2.24) is 25.1 Å². The van der Waals surface area contributed by atoms with Crippen LogP contribution in [0.5, 0.6) is 0 Å². The number of hydrogen-bond acceptors (Lipinski definition) is 6. The summed E-state index contributed by atoms with van der Waals surface area (Å²) in [7, 11) is 0. The number of benzene rings is 1. The van der Waals surface area contributed by atoms with Gasteiger partial charge in [0.25, 0.3) is 0 Å². The lowest BCUT2D eigenvalue weighted by molar-refractivity contribution is 0.137. The number of aromatic nitrogens is 5. The molecule has 4 N–H and O–H groups in total. The number of aromatic amines is 2. The molecule has 0 amide bonds. The molecule has 0 saturated heterocycles. The number of rotatable bonds is 6. The van der Waals surface area contributed by atoms with Gasteiger partial charge in [0.1, 0.15) is 11.9 Å². The minimum absolute atomic E-state index is 0.298. The molecule has 5 heterocycles. The topological polar surface area (TPSA) is 103 Å². The van der Waals surface area contributed by atoms with Crippen molar-refractivity contribution in [1.29, 1.82) is 0 Å². The SMILES string of the molecule is OC(Nc1cncc(-c2cnc3[nH]nc(-c4cc5c(-c6cccs6)cccc5[nH]4)c3c2)c1)C1CCCC1. The second-order valence-corrected chi connectivity index (χ2v) is 10.7. The Bertz CT molecular complexity index is 1700. The van der Waals surface area contributed by atoms with Crippen LogP contribution in [0, 0.1) is 5.92 Å². The van der Waals surface area contributed by atoms with Crippen LogP contribution < -0.4 is 5.32 Å². The number of H-pyrrole nitrogens is 2. The number of nitrogens with one attached hydrogen (secondary N) is 3. The standard InChI is InChI=1S/C29H26N6OS/c36-29(17-5-1-2-6-17)32-20-11-18(14-30-16-20)19-12-23-27(34-35-28(23)31-15-19)25-13-22-21(26-9-4-10-37-26)7-3-8-24(22)33-25/h3-4,7-17,29,32-33,36H,1-2,5-6H2,(H,31,34,35). The fraction of sp³-hybridized carbons (Fsp3) is 0.207. The predicted molar refractivity (Wildman–Crippen MR) is 149 cm³/mol. The average Bonchev–Trinajstić information content (AvgIpc) is 3.74. The van der Waals surface area contributed by atoms with Crippen molar-refractivity contribution in [2.45, 2.75) is 31.9 Å². The highest BCUT2D eigenvalue weighted by molar-refractivity contribution is 7.13. The van der Waals surface area contributed by atoms with Crippen LogP contribution in [0.1, 0.15) is 25.7 Å². The zero-order valence-electron chi connectivity index (χ0n) is 20.1. The molecule has 6 aromatic rings. The van der Waals surface area contributed by atoms with Crippen molar-refractivity contribution in [3.05, 3.63) is 72.5 Å². The molecular weight excluding hydrogens is 480 g/mol. The number of pyridine rings is 2. The van der Waals surface area contributed by atoms with Gasteiger partial charge in [-0.15, -0.1) is 11.3 Å². The van der Waals surface area contributed by atoms with E-state index >= 15 is 0 Å². The Morgan fingerprint density at radius 2 is 1.86 bits per heavy atom. The first-order valence-corrected chi connectivity index (χ1v) is 13.5. The Hall–Kier alpha value is -4.01. The highest BCUT2D eigenvalue weighted by Gasteiger charge is 2.23. The second-order valence-electron chi connectivity index (χ2n) is 9.72. The molecule has 1 aliphatic carbocycles. The highest BCUT2D eigenvalue weighted by atomic mass is 32.1. The minimum atomic E-state index is -0.554. The maximum Gasteiger partial charge on any atom is 0.155 e. The molecule has 5 aromatic heterocycles. The summed E-state index contributed by atoms with van der Waals surface area (Å²) < 4.78 is 0.